The van der Waals surface area contributed by atoms with Crippen LogP contribution in [0.1, 0.15) is 13.3 Å². The monoisotopic (exact) mass is 291 g/mol. The van der Waals surface area contributed by atoms with Crippen LogP contribution in [-0.2, 0) is 10.0 Å². The van der Waals surface area contributed by atoms with Crippen LogP contribution in [0.15, 0.2) is 53.7 Å². The Hall–Kier alpha value is -2.08. The number of benzene rings is 1. The van der Waals surface area contributed by atoms with E-state index in [2.05, 4.69) is 21.9 Å². The summed E-state index contributed by atoms with van der Waals surface area (Å²) >= 11 is 0. The number of rotatable bonds is 6. The molecule has 0 spiro atoms. The highest BCUT2D eigenvalue weighted by Crippen LogP contribution is 2.17. The molecular formula is C14H17N3O2S. The molecule has 6 heteroatoms. The average molecular weight is 291 g/mol. The van der Waals surface area contributed by atoms with Crippen LogP contribution in [0.4, 0.5) is 11.4 Å². The Morgan fingerprint density at radius 2 is 1.85 bits per heavy atom. The number of anilines is 2. The maximum Gasteiger partial charge on any atom is 0.261 e. The molecule has 0 saturated carbocycles. The first-order chi connectivity index (χ1) is 9.62. The quantitative estimate of drug-likeness (QED) is 0.858. The van der Waals surface area contributed by atoms with Gasteiger partial charge in [-0.25, -0.2) is 8.42 Å². The molecule has 0 aliphatic carbocycles. The van der Waals surface area contributed by atoms with Crippen molar-refractivity contribution < 1.29 is 8.42 Å². The van der Waals surface area contributed by atoms with Gasteiger partial charge in [-0.15, -0.1) is 0 Å². The van der Waals surface area contributed by atoms with Crippen LogP contribution >= 0.6 is 0 Å². The molecule has 0 saturated heterocycles. The normalized spacial score (nSPS) is 11.1. The summed E-state index contributed by atoms with van der Waals surface area (Å²) < 4.78 is 26.8. The van der Waals surface area contributed by atoms with E-state index in [0.29, 0.717) is 5.69 Å². The van der Waals surface area contributed by atoms with E-state index in [1.165, 1.54) is 6.20 Å². The van der Waals surface area contributed by atoms with Crippen LogP contribution in [0, 0.1) is 0 Å². The highest BCUT2D eigenvalue weighted by Gasteiger charge is 2.13. The smallest absolute Gasteiger partial charge is 0.261 e. The number of sulfonamides is 1. The van der Waals surface area contributed by atoms with Gasteiger partial charge in [0.25, 0.3) is 10.0 Å². The lowest BCUT2D eigenvalue weighted by Crippen LogP contribution is -2.13. The fraction of sp³-hybridized carbons (Fsp3) is 0.214. The minimum Gasteiger partial charge on any atom is -0.385 e. The second-order valence-corrected chi connectivity index (χ2v) is 5.98. The van der Waals surface area contributed by atoms with Gasteiger partial charge in [0.1, 0.15) is 0 Å². The lowest BCUT2D eigenvalue weighted by atomic mass is 10.3. The van der Waals surface area contributed by atoms with Crippen molar-refractivity contribution in [2.45, 2.75) is 18.2 Å². The van der Waals surface area contributed by atoms with E-state index in [1.54, 1.807) is 42.6 Å². The summed E-state index contributed by atoms with van der Waals surface area (Å²) in [5.74, 6) is 0. The highest BCUT2D eigenvalue weighted by atomic mass is 32.2. The highest BCUT2D eigenvalue weighted by molar-refractivity contribution is 7.92. The predicted molar refractivity (Wildman–Crippen MR) is 80.3 cm³/mol. The molecule has 0 amide bonds. The van der Waals surface area contributed by atoms with E-state index in [-0.39, 0.29) is 4.90 Å². The Bertz CT molecular complexity index is 640. The van der Waals surface area contributed by atoms with Gasteiger partial charge < -0.3 is 5.32 Å². The van der Waals surface area contributed by atoms with Gasteiger partial charge in [-0.05, 0) is 42.8 Å². The largest absolute Gasteiger partial charge is 0.385 e. The zero-order valence-corrected chi connectivity index (χ0v) is 12.0. The second kappa shape index (κ2) is 6.38. The van der Waals surface area contributed by atoms with E-state index >= 15 is 0 Å². The first-order valence-corrected chi connectivity index (χ1v) is 7.87. The van der Waals surface area contributed by atoms with Crippen LogP contribution in [-0.4, -0.2) is 19.9 Å². The fourth-order valence-electron chi connectivity index (χ4n) is 1.66. The molecule has 106 valence electrons. The van der Waals surface area contributed by atoms with Gasteiger partial charge in [0.05, 0.1) is 16.8 Å². The number of hydrogen-bond donors (Lipinski definition) is 2. The van der Waals surface area contributed by atoms with Crippen molar-refractivity contribution in [1.82, 2.24) is 4.98 Å². The van der Waals surface area contributed by atoms with E-state index in [1.807, 2.05) is 0 Å². The molecule has 1 heterocycles. The van der Waals surface area contributed by atoms with Gasteiger partial charge >= 0.3 is 0 Å². The van der Waals surface area contributed by atoms with E-state index < -0.39 is 10.0 Å². The molecule has 0 atom stereocenters. The topological polar surface area (TPSA) is 71.1 Å². The third kappa shape index (κ3) is 3.71. The zero-order valence-electron chi connectivity index (χ0n) is 11.2. The Labute approximate surface area is 119 Å². The Morgan fingerprint density at radius 1 is 1.10 bits per heavy atom. The lowest BCUT2D eigenvalue weighted by Gasteiger charge is -2.09. The van der Waals surface area contributed by atoms with Crippen LogP contribution in [0.25, 0.3) is 0 Å². The maximum absolute atomic E-state index is 12.2. The zero-order chi connectivity index (χ0) is 14.4. The fourth-order valence-corrected chi connectivity index (χ4v) is 2.70. The van der Waals surface area contributed by atoms with Gasteiger partial charge in [0, 0.05) is 18.4 Å². The summed E-state index contributed by atoms with van der Waals surface area (Å²) in [7, 11) is -3.57. The van der Waals surface area contributed by atoms with Gasteiger partial charge in [0.15, 0.2) is 0 Å². The summed E-state index contributed by atoms with van der Waals surface area (Å²) in [6, 6.07) is 10.0. The number of nitrogens with one attached hydrogen (secondary N) is 2. The molecule has 2 N–H and O–H groups in total. The van der Waals surface area contributed by atoms with Crippen molar-refractivity contribution in [2.24, 2.45) is 0 Å². The Balaban J connectivity index is 2.13. The molecule has 20 heavy (non-hydrogen) atoms. The van der Waals surface area contributed by atoms with Crippen molar-refractivity contribution >= 4 is 21.4 Å². The Morgan fingerprint density at radius 3 is 2.45 bits per heavy atom. The molecule has 2 aromatic rings. The molecule has 0 radical (unpaired) electrons. The first kappa shape index (κ1) is 14.3. The third-order valence-corrected chi connectivity index (χ3v) is 4.05. The minimum absolute atomic E-state index is 0.225. The van der Waals surface area contributed by atoms with E-state index in [9.17, 15) is 8.42 Å². The molecule has 1 aromatic heterocycles. The predicted octanol–water partition coefficient (Wildman–Crippen LogP) is 2.70. The SMILES string of the molecule is CCCNc1ccc(S(=O)(=O)Nc2cccnc2)cc1. The molecule has 0 bridgehead atoms. The van der Waals surface area contributed by atoms with Crippen molar-refractivity contribution in [2.75, 3.05) is 16.6 Å². The maximum atomic E-state index is 12.2. The van der Waals surface area contributed by atoms with Gasteiger partial charge in [-0.2, -0.15) is 0 Å². The van der Waals surface area contributed by atoms with Gasteiger partial charge in [-0.1, -0.05) is 6.92 Å². The summed E-state index contributed by atoms with van der Waals surface area (Å²) in [5, 5.41) is 3.20. The molecule has 0 fully saturated rings. The summed E-state index contributed by atoms with van der Waals surface area (Å²) in [6.07, 6.45) is 4.07. The summed E-state index contributed by atoms with van der Waals surface area (Å²) in [4.78, 5) is 4.10. The van der Waals surface area contributed by atoms with Crippen LogP contribution in [0.5, 0.6) is 0 Å². The number of nitrogens with zero attached hydrogens (tertiary/aromatic N) is 1. The van der Waals surface area contributed by atoms with E-state index in [4.69, 9.17) is 0 Å². The molecule has 0 unspecified atom stereocenters. The van der Waals surface area contributed by atoms with Gasteiger partial charge in [0.2, 0.25) is 0 Å². The van der Waals surface area contributed by atoms with Crippen molar-refractivity contribution in [3.05, 3.63) is 48.8 Å². The molecular weight excluding hydrogens is 274 g/mol. The minimum atomic E-state index is -3.57. The van der Waals surface area contributed by atoms with Crippen molar-refractivity contribution in [3.8, 4) is 0 Å². The first-order valence-electron chi connectivity index (χ1n) is 6.38. The number of pyridine rings is 1. The van der Waals surface area contributed by atoms with E-state index in [0.717, 1.165) is 18.7 Å². The molecule has 5 nitrogen and oxygen atoms in total. The van der Waals surface area contributed by atoms with Crippen molar-refractivity contribution in [3.63, 3.8) is 0 Å². The van der Waals surface area contributed by atoms with Gasteiger partial charge in [-0.3, -0.25) is 9.71 Å². The summed E-state index contributed by atoms with van der Waals surface area (Å²) in [5.41, 5.74) is 1.35. The summed E-state index contributed by atoms with van der Waals surface area (Å²) in [6.45, 7) is 2.93. The molecule has 2 rings (SSSR count). The van der Waals surface area contributed by atoms with Crippen LogP contribution in [0.2, 0.25) is 0 Å². The average Bonchev–Trinajstić information content (AvgIpc) is 2.46. The molecule has 0 aliphatic heterocycles. The third-order valence-electron chi connectivity index (χ3n) is 2.66. The Kier molecular flexibility index (Phi) is 4.57. The molecule has 1 aromatic carbocycles. The molecule has 0 aliphatic rings. The van der Waals surface area contributed by atoms with Crippen molar-refractivity contribution in [1.29, 1.82) is 0 Å². The van der Waals surface area contributed by atoms with Crippen LogP contribution < -0.4 is 10.0 Å². The second-order valence-electron chi connectivity index (χ2n) is 4.30. The standard InChI is InChI=1S/C14H17N3O2S/c1-2-9-16-12-5-7-14(8-6-12)20(18,19)17-13-4-3-10-15-11-13/h3-8,10-11,16-17H,2,9H2,1H3. The lowest BCUT2D eigenvalue weighted by molar-refractivity contribution is 0.601. The van der Waals surface area contributed by atoms with Crippen LogP contribution in [0.3, 0.4) is 0 Å². The number of aromatic nitrogens is 1. The number of hydrogen-bond acceptors (Lipinski definition) is 4.